The number of rotatable bonds is 2. The molecule has 1 atom stereocenters. The van der Waals surface area contributed by atoms with Gasteiger partial charge in [-0.25, -0.2) is 5.14 Å². The summed E-state index contributed by atoms with van der Waals surface area (Å²) in [5.74, 6) is -0.300. The van der Waals surface area contributed by atoms with E-state index in [0.29, 0.717) is 13.0 Å². The van der Waals surface area contributed by atoms with Crippen LogP contribution in [0.25, 0.3) is 0 Å². The van der Waals surface area contributed by atoms with Crippen LogP contribution in [-0.4, -0.2) is 26.9 Å². The highest BCUT2D eigenvalue weighted by atomic mass is 32.2. The molecule has 6 nitrogen and oxygen atoms in total. The van der Waals surface area contributed by atoms with E-state index in [1.165, 1.54) is 0 Å². The van der Waals surface area contributed by atoms with Crippen molar-refractivity contribution < 1.29 is 13.2 Å². The smallest absolute Gasteiger partial charge is 0.275 e. The molecule has 0 aromatic carbocycles. The van der Waals surface area contributed by atoms with Crippen molar-refractivity contribution in [3.05, 3.63) is 0 Å². The summed E-state index contributed by atoms with van der Waals surface area (Å²) in [6, 6.07) is -0.711. The van der Waals surface area contributed by atoms with E-state index in [1.54, 1.807) is 0 Å². The summed E-state index contributed by atoms with van der Waals surface area (Å²) in [6.07, 6.45) is 2.18. The Hall–Kier alpha value is -0.660. The number of hydrogen-bond acceptors (Lipinski definition) is 3. The molecule has 0 radical (unpaired) electrons. The van der Waals surface area contributed by atoms with Crippen molar-refractivity contribution in [2.75, 3.05) is 6.54 Å². The average molecular weight is 207 g/mol. The van der Waals surface area contributed by atoms with E-state index in [9.17, 15) is 13.2 Å². The van der Waals surface area contributed by atoms with Crippen molar-refractivity contribution in [2.45, 2.75) is 25.3 Å². The molecule has 7 heteroatoms. The van der Waals surface area contributed by atoms with Gasteiger partial charge in [0, 0.05) is 6.54 Å². The monoisotopic (exact) mass is 207 g/mol. The maximum absolute atomic E-state index is 11.2. The van der Waals surface area contributed by atoms with E-state index in [4.69, 9.17) is 5.14 Å². The van der Waals surface area contributed by atoms with Gasteiger partial charge >= 0.3 is 0 Å². The highest BCUT2D eigenvalue weighted by Gasteiger charge is 2.23. The van der Waals surface area contributed by atoms with E-state index < -0.39 is 16.3 Å². The van der Waals surface area contributed by atoms with Gasteiger partial charge < -0.3 is 5.32 Å². The molecule has 1 amide bonds. The van der Waals surface area contributed by atoms with Crippen molar-refractivity contribution in [3.63, 3.8) is 0 Å². The van der Waals surface area contributed by atoms with Gasteiger partial charge in [0.2, 0.25) is 5.91 Å². The number of carbonyl (C=O) groups excluding carboxylic acids is 1. The molecule has 1 aliphatic rings. The van der Waals surface area contributed by atoms with E-state index in [-0.39, 0.29) is 5.91 Å². The topological polar surface area (TPSA) is 101 Å². The predicted octanol–water partition coefficient (Wildman–Crippen LogP) is -1.55. The van der Waals surface area contributed by atoms with Gasteiger partial charge in [0.1, 0.15) is 6.04 Å². The molecular weight excluding hydrogens is 194 g/mol. The molecule has 0 aromatic heterocycles. The van der Waals surface area contributed by atoms with Crippen molar-refractivity contribution >= 4 is 16.1 Å². The number of amides is 1. The Kier molecular flexibility index (Phi) is 3.23. The Bertz CT molecular complexity index is 287. The Labute approximate surface area is 77.1 Å². The second-order valence-corrected chi connectivity index (χ2v) is 4.33. The fraction of sp³-hybridized carbons (Fsp3) is 0.833. The summed E-state index contributed by atoms with van der Waals surface area (Å²) in [7, 11) is -3.78. The van der Waals surface area contributed by atoms with E-state index in [0.717, 1.165) is 12.8 Å². The lowest BCUT2D eigenvalue weighted by atomic mass is 10.1. The minimum absolute atomic E-state index is 0.300. The van der Waals surface area contributed by atoms with Gasteiger partial charge in [-0.3, -0.25) is 4.79 Å². The largest absolute Gasteiger partial charge is 0.355 e. The maximum Gasteiger partial charge on any atom is 0.275 e. The van der Waals surface area contributed by atoms with Gasteiger partial charge in [-0.2, -0.15) is 13.1 Å². The predicted molar refractivity (Wildman–Crippen MR) is 46.9 cm³/mol. The van der Waals surface area contributed by atoms with Crippen LogP contribution in [0.2, 0.25) is 0 Å². The van der Waals surface area contributed by atoms with Crippen LogP contribution in [0, 0.1) is 0 Å². The van der Waals surface area contributed by atoms with Gasteiger partial charge in [0.15, 0.2) is 0 Å². The Morgan fingerprint density at radius 1 is 1.46 bits per heavy atom. The van der Waals surface area contributed by atoms with Crippen molar-refractivity contribution in [1.29, 1.82) is 0 Å². The van der Waals surface area contributed by atoms with Gasteiger partial charge in [0.25, 0.3) is 10.2 Å². The molecule has 1 aliphatic heterocycles. The Balaban J connectivity index is 2.60. The van der Waals surface area contributed by atoms with Crippen LogP contribution in [0.15, 0.2) is 0 Å². The molecule has 13 heavy (non-hydrogen) atoms. The van der Waals surface area contributed by atoms with Gasteiger partial charge in [0.05, 0.1) is 0 Å². The van der Waals surface area contributed by atoms with Crippen LogP contribution in [0.4, 0.5) is 0 Å². The molecule has 0 aliphatic carbocycles. The third kappa shape index (κ3) is 3.71. The molecule has 76 valence electrons. The Morgan fingerprint density at radius 3 is 2.77 bits per heavy atom. The summed E-state index contributed by atoms with van der Waals surface area (Å²) in [5, 5.41) is 7.36. The van der Waals surface area contributed by atoms with Gasteiger partial charge in [-0.15, -0.1) is 0 Å². The van der Waals surface area contributed by atoms with Crippen LogP contribution in [0.1, 0.15) is 19.3 Å². The summed E-state index contributed by atoms with van der Waals surface area (Å²) < 4.78 is 23.4. The molecule has 1 unspecified atom stereocenters. The fourth-order valence-electron chi connectivity index (χ4n) is 1.25. The standard InChI is InChI=1S/C6H13N3O3S/c7-13(11,12)9-5-3-1-2-4-8-6(5)10/h5,9H,1-4H2,(H,8,10)(H2,7,11,12). The summed E-state index contributed by atoms with van der Waals surface area (Å²) >= 11 is 0. The lowest BCUT2D eigenvalue weighted by molar-refractivity contribution is -0.122. The number of nitrogens with two attached hydrogens (primary N) is 1. The number of carbonyl (C=O) groups is 1. The Morgan fingerprint density at radius 2 is 2.15 bits per heavy atom. The molecule has 0 saturated carbocycles. The third-order valence-electron chi connectivity index (χ3n) is 1.84. The van der Waals surface area contributed by atoms with E-state index in [1.807, 2.05) is 0 Å². The molecule has 0 aromatic rings. The number of hydrogen-bond donors (Lipinski definition) is 3. The first-order valence-electron chi connectivity index (χ1n) is 4.07. The first-order chi connectivity index (χ1) is 5.99. The van der Waals surface area contributed by atoms with Crippen LogP contribution in [0.3, 0.4) is 0 Å². The van der Waals surface area contributed by atoms with E-state index >= 15 is 0 Å². The fourth-order valence-corrected chi connectivity index (χ4v) is 1.87. The average Bonchev–Trinajstić information content (AvgIpc) is 2.14. The van der Waals surface area contributed by atoms with Crippen LogP contribution >= 0.6 is 0 Å². The highest BCUT2D eigenvalue weighted by Crippen LogP contribution is 2.05. The highest BCUT2D eigenvalue weighted by molar-refractivity contribution is 7.87. The van der Waals surface area contributed by atoms with Crippen LogP contribution in [-0.2, 0) is 15.0 Å². The second kappa shape index (κ2) is 4.03. The van der Waals surface area contributed by atoms with Crippen LogP contribution < -0.4 is 15.2 Å². The minimum Gasteiger partial charge on any atom is -0.355 e. The van der Waals surface area contributed by atoms with Crippen molar-refractivity contribution in [3.8, 4) is 0 Å². The molecule has 0 spiro atoms. The van der Waals surface area contributed by atoms with Crippen LogP contribution in [0.5, 0.6) is 0 Å². The molecule has 4 N–H and O–H groups in total. The molecular formula is C6H13N3O3S. The lowest BCUT2D eigenvalue weighted by Gasteiger charge is -2.12. The quantitative estimate of drug-likeness (QED) is 0.511. The van der Waals surface area contributed by atoms with Gasteiger partial charge in [-0.1, -0.05) is 0 Å². The minimum atomic E-state index is -3.78. The molecule has 1 saturated heterocycles. The summed E-state index contributed by atoms with van der Waals surface area (Å²) in [5.41, 5.74) is 0. The molecule has 1 rings (SSSR count). The van der Waals surface area contributed by atoms with Crippen molar-refractivity contribution in [1.82, 2.24) is 10.0 Å². The number of nitrogens with one attached hydrogen (secondary N) is 2. The SMILES string of the molecule is NS(=O)(=O)NC1CCCCNC1=O. The first-order valence-corrected chi connectivity index (χ1v) is 5.61. The van der Waals surface area contributed by atoms with Gasteiger partial charge in [-0.05, 0) is 19.3 Å². The molecule has 1 fully saturated rings. The normalized spacial score (nSPS) is 25.0. The molecule has 1 heterocycles. The lowest BCUT2D eigenvalue weighted by Crippen LogP contribution is -2.47. The second-order valence-electron chi connectivity index (χ2n) is 3.00. The summed E-state index contributed by atoms with van der Waals surface area (Å²) in [6.45, 7) is 0.599. The zero-order chi connectivity index (χ0) is 9.90. The summed E-state index contributed by atoms with van der Waals surface area (Å²) in [4.78, 5) is 11.2. The third-order valence-corrected chi connectivity index (χ3v) is 2.45. The molecule has 0 bridgehead atoms. The zero-order valence-corrected chi connectivity index (χ0v) is 7.93. The van der Waals surface area contributed by atoms with E-state index in [2.05, 4.69) is 10.0 Å². The van der Waals surface area contributed by atoms with Crippen molar-refractivity contribution in [2.24, 2.45) is 5.14 Å². The zero-order valence-electron chi connectivity index (χ0n) is 7.12. The maximum atomic E-state index is 11.2. The first kappa shape index (κ1) is 10.4.